The molecule has 1 fully saturated rings. The Labute approximate surface area is 188 Å². The van der Waals surface area contributed by atoms with Gasteiger partial charge in [-0.1, -0.05) is 23.7 Å². The summed E-state index contributed by atoms with van der Waals surface area (Å²) in [5.74, 6) is 0. The molecule has 0 saturated carbocycles. The number of hydrogen-bond acceptors (Lipinski definition) is 5. The first kappa shape index (κ1) is 21.8. The van der Waals surface area contributed by atoms with E-state index in [-0.39, 0.29) is 18.7 Å². The number of hydrogen-bond donors (Lipinski definition) is 1. The Bertz CT molecular complexity index is 1010. The molecule has 1 atom stereocenters. The topological polar surface area (TPSA) is 65.9 Å². The van der Waals surface area contributed by atoms with E-state index in [1.165, 1.54) is 0 Å². The molecule has 1 aliphatic carbocycles. The summed E-state index contributed by atoms with van der Waals surface area (Å²) in [7, 11) is 0. The monoisotopic (exact) mass is 441 g/mol. The lowest BCUT2D eigenvalue weighted by atomic mass is 9.95. The smallest absolute Gasteiger partial charge is 0.410 e. The number of pyridine rings is 1. The zero-order valence-corrected chi connectivity index (χ0v) is 18.9. The Kier molecular flexibility index (Phi) is 6.06. The molecule has 1 N–H and O–H groups in total. The van der Waals surface area contributed by atoms with Gasteiger partial charge in [0.1, 0.15) is 5.60 Å². The number of rotatable bonds is 2. The van der Waals surface area contributed by atoms with Crippen LogP contribution in [0.25, 0.3) is 11.6 Å². The van der Waals surface area contributed by atoms with E-state index in [1.54, 1.807) is 11.1 Å². The van der Waals surface area contributed by atoms with Crippen LogP contribution in [0, 0.1) is 0 Å². The molecular formula is C24H28ClN3O3. The quantitative estimate of drug-likeness (QED) is 0.755. The average Bonchev–Trinajstić information content (AvgIpc) is 2.86. The van der Waals surface area contributed by atoms with Crippen LogP contribution in [0.3, 0.4) is 0 Å². The van der Waals surface area contributed by atoms with Gasteiger partial charge in [0.05, 0.1) is 18.3 Å². The van der Waals surface area contributed by atoms with Crippen molar-refractivity contribution in [1.29, 1.82) is 0 Å². The molecule has 7 heteroatoms. The zero-order chi connectivity index (χ0) is 22.2. The van der Waals surface area contributed by atoms with E-state index in [2.05, 4.69) is 4.90 Å². The highest BCUT2D eigenvalue weighted by Gasteiger charge is 2.34. The van der Waals surface area contributed by atoms with Crippen molar-refractivity contribution in [3.63, 3.8) is 0 Å². The van der Waals surface area contributed by atoms with Crippen molar-refractivity contribution >= 4 is 29.3 Å². The summed E-state index contributed by atoms with van der Waals surface area (Å²) in [6.45, 7) is 8.10. The van der Waals surface area contributed by atoms with Gasteiger partial charge in [0.15, 0.2) is 0 Å². The summed E-state index contributed by atoms with van der Waals surface area (Å²) in [5, 5.41) is 10.7. The van der Waals surface area contributed by atoms with E-state index in [0.717, 1.165) is 28.0 Å². The summed E-state index contributed by atoms with van der Waals surface area (Å²) in [6, 6.07) is 9.67. The number of carbonyl (C=O) groups excluding carboxylic acids is 1. The normalized spacial score (nSPS) is 19.2. The van der Waals surface area contributed by atoms with E-state index < -0.39 is 5.60 Å². The van der Waals surface area contributed by atoms with E-state index in [0.29, 0.717) is 31.2 Å². The fraction of sp³-hybridized carbons (Fsp3) is 0.417. The third-order valence-corrected chi connectivity index (χ3v) is 5.85. The number of ether oxygens (including phenoxy) is 1. The average molecular weight is 442 g/mol. The van der Waals surface area contributed by atoms with Crippen LogP contribution in [0.2, 0.25) is 5.02 Å². The van der Waals surface area contributed by atoms with Crippen LogP contribution in [0.4, 0.5) is 4.79 Å². The number of halogens is 1. The maximum Gasteiger partial charge on any atom is 0.410 e. The third-order valence-electron chi connectivity index (χ3n) is 5.62. The largest absolute Gasteiger partial charge is 0.444 e. The minimum atomic E-state index is -0.511. The molecule has 0 radical (unpaired) electrons. The predicted octanol–water partition coefficient (Wildman–Crippen LogP) is 4.22. The molecule has 2 heterocycles. The zero-order valence-electron chi connectivity index (χ0n) is 18.1. The number of aliphatic hydroxyl groups is 1. The predicted molar refractivity (Wildman–Crippen MR) is 122 cm³/mol. The van der Waals surface area contributed by atoms with Crippen LogP contribution in [-0.2, 0) is 4.74 Å². The van der Waals surface area contributed by atoms with Crippen molar-refractivity contribution < 1.29 is 14.6 Å². The third kappa shape index (κ3) is 4.61. The summed E-state index contributed by atoms with van der Waals surface area (Å²) < 4.78 is 5.54. The number of piperazine rings is 1. The molecule has 2 aliphatic rings. The van der Waals surface area contributed by atoms with Gasteiger partial charge in [-0.3, -0.25) is 9.88 Å². The molecule has 0 bridgehead atoms. The van der Waals surface area contributed by atoms with Gasteiger partial charge in [-0.2, -0.15) is 0 Å². The van der Waals surface area contributed by atoms with Gasteiger partial charge in [-0.05, 0) is 61.7 Å². The first-order valence-corrected chi connectivity index (χ1v) is 10.9. The van der Waals surface area contributed by atoms with Crippen molar-refractivity contribution in [2.24, 2.45) is 0 Å². The minimum Gasteiger partial charge on any atom is -0.444 e. The second-order valence-corrected chi connectivity index (χ2v) is 9.38. The van der Waals surface area contributed by atoms with Crippen molar-refractivity contribution in [3.05, 3.63) is 63.9 Å². The number of nitrogens with zero attached hydrogens (tertiary/aromatic N) is 3. The number of aromatic nitrogens is 1. The van der Waals surface area contributed by atoms with Crippen LogP contribution in [0.1, 0.15) is 49.2 Å². The van der Waals surface area contributed by atoms with Gasteiger partial charge in [-0.15, -0.1) is 0 Å². The van der Waals surface area contributed by atoms with Crippen molar-refractivity contribution in [2.75, 3.05) is 32.8 Å². The summed E-state index contributed by atoms with van der Waals surface area (Å²) in [6.07, 6.45) is 3.51. The van der Waals surface area contributed by atoms with Crippen molar-refractivity contribution in [3.8, 4) is 0 Å². The molecule has 1 aliphatic heterocycles. The number of fused-ring (bicyclic) bond motifs is 2. The van der Waals surface area contributed by atoms with Crippen LogP contribution >= 0.6 is 11.6 Å². The Hall–Kier alpha value is -2.41. The van der Waals surface area contributed by atoms with Crippen molar-refractivity contribution in [1.82, 2.24) is 14.8 Å². The van der Waals surface area contributed by atoms with E-state index in [4.69, 9.17) is 21.3 Å². The van der Waals surface area contributed by atoms with Gasteiger partial charge in [-0.25, -0.2) is 4.79 Å². The summed E-state index contributed by atoms with van der Waals surface area (Å²) in [4.78, 5) is 21.3. The van der Waals surface area contributed by atoms with E-state index in [9.17, 15) is 9.90 Å². The molecule has 164 valence electrons. The van der Waals surface area contributed by atoms with E-state index in [1.807, 2.05) is 57.2 Å². The number of amides is 1. The highest BCUT2D eigenvalue weighted by Crippen LogP contribution is 2.39. The summed E-state index contributed by atoms with van der Waals surface area (Å²) in [5.41, 5.74) is 4.24. The molecule has 6 nitrogen and oxygen atoms in total. The van der Waals surface area contributed by atoms with Gasteiger partial charge >= 0.3 is 6.09 Å². The first-order valence-electron chi connectivity index (χ1n) is 10.5. The lowest BCUT2D eigenvalue weighted by molar-refractivity contribution is 0.0118. The minimum absolute atomic E-state index is 0.0796. The van der Waals surface area contributed by atoms with Crippen LogP contribution in [-0.4, -0.2) is 64.4 Å². The Morgan fingerprint density at radius 3 is 2.65 bits per heavy atom. The molecule has 1 saturated heterocycles. The van der Waals surface area contributed by atoms with Crippen LogP contribution in [0.5, 0.6) is 0 Å². The SMILES string of the molecule is CC(C)(C)OC(=O)N1CCN(C2c3ccc(Cl)cc3C=C(CO)c3cccnc32)CC1. The van der Waals surface area contributed by atoms with Crippen molar-refractivity contribution in [2.45, 2.75) is 32.4 Å². The Morgan fingerprint density at radius 2 is 1.97 bits per heavy atom. The standard InChI is InChI=1S/C24H28ClN3O3/c1-24(2,3)31-23(30)28-11-9-27(10-12-28)22-20-7-6-18(25)14-16(20)13-17(15-29)19-5-4-8-26-21(19)22/h4-8,13-14,22,29H,9-12,15H2,1-3H3. The van der Waals surface area contributed by atoms with Gasteiger partial charge in [0, 0.05) is 43.0 Å². The molecule has 1 unspecified atom stereocenters. The molecule has 4 rings (SSSR count). The van der Waals surface area contributed by atoms with E-state index >= 15 is 0 Å². The van der Waals surface area contributed by atoms with Gasteiger partial charge < -0.3 is 14.7 Å². The molecule has 2 aromatic rings. The molecule has 31 heavy (non-hydrogen) atoms. The molecule has 1 amide bonds. The molecular weight excluding hydrogens is 414 g/mol. The second kappa shape index (κ2) is 8.61. The first-order chi connectivity index (χ1) is 14.8. The molecule has 1 aromatic carbocycles. The number of carbonyl (C=O) groups is 1. The highest BCUT2D eigenvalue weighted by molar-refractivity contribution is 6.30. The lowest BCUT2D eigenvalue weighted by Crippen LogP contribution is -2.51. The lowest BCUT2D eigenvalue weighted by Gasteiger charge is -2.40. The van der Waals surface area contributed by atoms with Crippen LogP contribution in [0.15, 0.2) is 36.5 Å². The van der Waals surface area contributed by atoms with Gasteiger partial charge in [0.2, 0.25) is 0 Å². The van der Waals surface area contributed by atoms with Gasteiger partial charge in [0.25, 0.3) is 0 Å². The fourth-order valence-electron chi connectivity index (χ4n) is 4.23. The number of benzene rings is 1. The maximum atomic E-state index is 12.5. The fourth-order valence-corrected chi connectivity index (χ4v) is 4.41. The number of aliphatic hydroxyl groups excluding tert-OH is 1. The molecule has 0 spiro atoms. The second-order valence-electron chi connectivity index (χ2n) is 8.94. The molecule has 1 aromatic heterocycles. The maximum absolute atomic E-state index is 12.5. The Balaban J connectivity index is 1.66. The highest BCUT2D eigenvalue weighted by atomic mass is 35.5. The summed E-state index contributed by atoms with van der Waals surface area (Å²) >= 11 is 6.29. The van der Waals surface area contributed by atoms with Crippen LogP contribution < -0.4 is 0 Å². The Morgan fingerprint density at radius 1 is 1.23 bits per heavy atom.